The van der Waals surface area contributed by atoms with Crippen LogP contribution in [0.1, 0.15) is 16.9 Å². The number of nitrogens with one attached hydrogen (secondary N) is 1. The van der Waals surface area contributed by atoms with Crippen molar-refractivity contribution in [1.82, 2.24) is 5.16 Å². The second-order valence-electron chi connectivity index (χ2n) is 7.16. The Labute approximate surface area is 197 Å². The Bertz CT molecular complexity index is 1200. The van der Waals surface area contributed by atoms with Crippen LogP contribution < -0.4 is 24.3 Å². The Morgan fingerprint density at radius 2 is 1.74 bits per heavy atom. The van der Waals surface area contributed by atoms with Crippen LogP contribution in [-0.2, 0) is 4.79 Å². The van der Waals surface area contributed by atoms with E-state index in [9.17, 15) is 10.1 Å². The van der Waals surface area contributed by atoms with Gasteiger partial charge in [-0.25, -0.2) is 0 Å². The molecule has 2 aromatic carbocycles. The third kappa shape index (κ3) is 6.07. The molecule has 0 fully saturated rings. The Morgan fingerprint density at radius 3 is 2.32 bits per heavy atom. The Kier molecular flexibility index (Phi) is 8.13. The van der Waals surface area contributed by atoms with Gasteiger partial charge in [-0.15, -0.1) is 0 Å². The lowest BCUT2D eigenvalue weighted by Gasteiger charge is -2.16. The molecule has 0 radical (unpaired) electrons. The van der Waals surface area contributed by atoms with E-state index >= 15 is 0 Å². The molecule has 9 heteroatoms. The second kappa shape index (κ2) is 11.4. The van der Waals surface area contributed by atoms with E-state index in [1.54, 1.807) is 25.1 Å². The van der Waals surface area contributed by atoms with E-state index in [4.69, 9.17) is 23.5 Å². The lowest BCUT2D eigenvalue weighted by molar-refractivity contribution is -0.112. The van der Waals surface area contributed by atoms with Crippen LogP contribution in [0.15, 0.2) is 52.6 Å². The number of aryl methyl sites for hydroxylation is 2. The molecular formula is C25H25N3O6. The molecule has 1 heterocycles. The Hall–Kier alpha value is -4.45. The van der Waals surface area contributed by atoms with E-state index in [0.29, 0.717) is 35.2 Å². The number of amides is 1. The highest BCUT2D eigenvalue weighted by molar-refractivity contribution is 6.09. The predicted octanol–water partition coefficient (Wildman–Crippen LogP) is 4.31. The van der Waals surface area contributed by atoms with Crippen molar-refractivity contribution >= 4 is 17.8 Å². The van der Waals surface area contributed by atoms with Crippen molar-refractivity contribution < 1.29 is 28.3 Å². The van der Waals surface area contributed by atoms with Crippen molar-refractivity contribution in [3.63, 3.8) is 0 Å². The summed E-state index contributed by atoms with van der Waals surface area (Å²) in [6.07, 6.45) is 1.42. The summed E-state index contributed by atoms with van der Waals surface area (Å²) in [6, 6.07) is 14.4. The number of aromatic nitrogens is 1. The minimum absolute atomic E-state index is 0.134. The number of methoxy groups -OCH3 is 2. The topological polar surface area (TPSA) is 116 Å². The van der Waals surface area contributed by atoms with Crippen LogP contribution >= 0.6 is 0 Å². The normalized spacial score (nSPS) is 10.9. The van der Waals surface area contributed by atoms with Gasteiger partial charge in [0.25, 0.3) is 5.91 Å². The number of carbonyl (C=O) groups excluding carboxylic acids is 1. The quantitative estimate of drug-likeness (QED) is 0.269. The first-order valence-corrected chi connectivity index (χ1v) is 10.4. The molecule has 3 rings (SSSR count). The zero-order valence-electron chi connectivity index (χ0n) is 19.4. The first kappa shape index (κ1) is 24.2. The average molecular weight is 463 g/mol. The van der Waals surface area contributed by atoms with Gasteiger partial charge in [-0.3, -0.25) is 4.79 Å². The summed E-state index contributed by atoms with van der Waals surface area (Å²) < 4.78 is 27.5. The third-order valence-electron chi connectivity index (χ3n) is 4.71. The first-order valence-electron chi connectivity index (χ1n) is 10.4. The van der Waals surface area contributed by atoms with E-state index in [-0.39, 0.29) is 18.0 Å². The van der Waals surface area contributed by atoms with Gasteiger partial charge in [0.15, 0.2) is 17.3 Å². The molecule has 0 aliphatic carbocycles. The number of carbonyl (C=O) groups is 1. The molecule has 0 aliphatic heterocycles. The minimum Gasteiger partial charge on any atom is -0.493 e. The van der Waals surface area contributed by atoms with Crippen LogP contribution in [0.4, 0.5) is 5.82 Å². The van der Waals surface area contributed by atoms with Crippen molar-refractivity contribution in [2.24, 2.45) is 0 Å². The minimum atomic E-state index is -0.623. The fourth-order valence-corrected chi connectivity index (χ4v) is 3.06. The van der Waals surface area contributed by atoms with Gasteiger partial charge < -0.3 is 28.8 Å². The van der Waals surface area contributed by atoms with Crippen molar-refractivity contribution in [2.45, 2.75) is 13.8 Å². The molecule has 0 saturated carbocycles. The van der Waals surface area contributed by atoms with Crippen molar-refractivity contribution in [1.29, 1.82) is 5.26 Å². The molecule has 1 N–H and O–H groups in total. The number of hydrogen-bond acceptors (Lipinski definition) is 8. The number of benzene rings is 2. The lowest BCUT2D eigenvalue weighted by Crippen LogP contribution is -2.13. The van der Waals surface area contributed by atoms with Gasteiger partial charge in [-0.2, -0.15) is 5.26 Å². The van der Waals surface area contributed by atoms with Gasteiger partial charge in [0.05, 0.1) is 14.2 Å². The molecule has 0 atom stereocenters. The second-order valence-corrected chi connectivity index (χ2v) is 7.16. The van der Waals surface area contributed by atoms with Gasteiger partial charge in [-0.05, 0) is 49.2 Å². The van der Waals surface area contributed by atoms with Gasteiger partial charge in [0, 0.05) is 6.07 Å². The Balaban J connectivity index is 1.74. The van der Waals surface area contributed by atoms with Crippen LogP contribution in [0.3, 0.4) is 0 Å². The summed E-state index contributed by atoms with van der Waals surface area (Å²) in [6.45, 7) is 4.23. The highest BCUT2D eigenvalue weighted by Gasteiger charge is 2.16. The molecule has 0 aliphatic rings. The number of anilines is 1. The number of ether oxygens (including phenoxy) is 4. The molecule has 34 heavy (non-hydrogen) atoms. The van der Waals surface area contributed by atoms with E-state index in [0.717, 1.165) is 11.3 Å². The number of para-hydroxylation sites is 1. The van der Waals surface area contributed by atoms with Crippen LogP contribution in [0.5, 0.6) is 23.0 Å². The highest BCUT2D eigenvalue weighted by Crippen LogP contribution is 2.39. The van der Waals surface area contributed by atoms with Gasteiger partial charge >= 0.3 is 0 Å². The largest absolute Gasteiger partial charge is 0.493 e. The van der Waals surface area contributed by atoms with Crippen LogP contribution in [0.25, 0.3) is 6.08 Å². The van der Waals surface area contributed by atoms with E-state index in [1.807, 2.05) is 37.3 Å². The summed E-state index contributed by atoms with van der Waals surface area (Å²) in [5, 5.41) is 15.7. The fourth-order valence-electron chi connectivity index (χ4n) is 3.06. The smallest absolute Gasteiger partial charge is 0.267 e. The summed E-state index contributed by atoms with van der Waals surface area (Å²) in [5.74, 6) is 2.06. The summed E-state index contributed by atoms with van der Waals surface area (Å²) in [7, 11) is 2.98. The van der Waals surface area contributed by atoms with Gasteiger partial charge in [0.2, 0.25) is 5.75 Å². The van der Waals surface area contributed by atoms with E-state index < -0.39 is 5.91 Å². The van der Waals surface area contributed by atoms with Crippen LogP contribution in [0, 0.1) is 25.2 Å². The molecule has 176 valence electrons. The molecule has 9 nitrogen and oxygen atoms in total. The molecule has 1 amide bonds. The number of hydrogen-bond donors (Lipinski definition) is 1. The van der Waals surface area contributed by atoms with Gasteiger partial charge in [0.1, 0.15) is 36.4 Å². The summed E-state index contributed by atoms with van der Waals surface area (Å²) in [4.78, 5) is 12.5. The maximum atomic E-state index is 12.5. The Morgan fingerprint density at radius 1 is 1.06 bits per heavy atom. The average Bonchev–Trinajstić information content (AvgIpc) is 3.25. The number of rotatable bonds is 10. The summed E-state index contributed by atoms with van der Waals surface area (Å²) in [5.41, 5.74) is 1.41. The SMILES string of the molecule is COc1cc(C=C(C#N)C(=O)Nc2cc(C)on2)cc(OC)c1OCCOc1ccccc1C. The van der Waals surface area contributed by atoms with Crippen molar-refractivity contribution in [2.75, 3.05) is 32.8 Å². The third-order valence-corrected chi connectivity index (χ3v) is 4.71. The van der Waals surface area contributed by atoms with E-state index in [1.165, 1.54) is 20.3 Å². The molecule has 0 bridgehead atoms. The maximum absolute atomic E-state index is 12.5. The molecule has 3 aromatic rings. The van der Waals surface area contributed by atoms with Crippen LogP contribution in [0.2, 0.25) is 0 Å². The van der Waals surface area contributed by atoms with Crippen molar-refractivity contribution in [3.8, 4) is 29.1 Å². The maximum Gasteiger partial charge on any atom is 0.267 e. The standard InChI is InChI=1S/C25H25N3O6/c1-16-7-5-6-8-20(16)32-9-10-33-24-21(30-3)13-18(14-22(24)31-4)12-19(15-26)25(29)27-23-11-17(2)34-28-23/h5-8,11-14H,9-10H2,1-4H3,(H,27,28,29). The monoisotopic (exact) mass is 463 g/mol. The number of nitrogens with zero attached hydrogens (tertiary/aromatic N) is 2. The molecule has 0 spiro atoms. The first-order chi connectivity index (χ1) is 16.4. The zero-order chi connectivity index (χ0) is 24.5. The number of nitriles is 1. The van der Waals surface area contributed by atoms with Crippen LogP contribution in [-0.4, -0.2) is 38.5 Å². The highest BCUT2D eigenvalue weighted by atomic mass is 16.6. The van der Waals surface area contributed by atoms with Gasteiger partial charge in [-0.1, -0.05) is 23.4 Å². The predicted molar refractivity (Wildman–Crippen MR) is 125 cm³/mol. The summed E-state index contributed by atoms with van der Waals surface area (Å²) >= 11 is 0. The van der Waals surface area contributed by atoms with Crippen molar-refractivity contribution in [3.05, 3.63) is 64.9 Å². The van der Waals surface area contributed by atoms with E-state index in [2.05, 4.69) is 10.5 Å². The molecular weight excluding hydrogens is 438 g/mol. The zero-order valence-corrected chi connectivity index (χ0v) is 19.4. The molecule has 1 aromatic heterocycles. The lowest BCUT2D eigenvalue weighted by atomic mass is 10.1. The molecule has 0 unspecified atom stereocenters. The molecule has 0 saturated heterocycles. The fraction of sp³-hybridized carbons (Fsp3) is 0.240.